The van der Waals surface area contributed by atoms with Gasteiger partial charge in [-0.15, -0.1) is 0 Å². The summed E-state index contributed by atoms with van der Waals surface area (Å²) in [6.07, 6.45) is 0.0714. The molecule has 0 bridgehead atoms. The molecular weight excluding hydrogens is 589 g/mol. The Morgan fingerprint density at radius 3 is 1.96 bits per heavy atom. The highest BCUT2D eigenvalue weighted by molar-refractivity contribution is 7.21. The van der Waals surface area contributed by atoms with Crippen LogP contribution in [0.1, 0.15) is 36.5 Å². The van der Waals surface area contributed by atoms with Gasteiger partial charge in [0.1, 0.15) is 12.2 Å². The van der Waals surface area contributed by atoms with Crippen molar-refractivity contribution in [3.8, 4) is 11.4 Å². The quantitative estimate of drug-likeness (QED) is 0.180. The van der Waals surface area contributed by atoms with E-state index in [9.17, 15) is 14.7 Å². The molecule has 2 aliphatic rings. The first-order valence-corrected chi connectivity index (χ1v) is 17.7. The van der Waals surface area contributed by atoms with Gasteiger partial charge in [0.2, 0.25) is 0 Å². The zero-order chi connectivity index (χ0) is 31.5. The van der Waals surface area contributed by atoms with Gasteiger partial charge in [-0.2, -0.15) is 0 Å². The van der Waals surface area contributed by atoms with Crippen LogP contribution in [0.5, 0.6) is 0 Å². The van der Waals surface area contributed by atoms with Gasteiger partial charge < -0.3 is 14.4 Å². The van der Waals surface area contributed by atoms with Crippen LogP contribution >= 0.6 is 0 Å². The summed E-state index contributed by atoms with van der Waals surface area (Å²) in [6, 6.07) is 42.4. The third-order valence-corrected chi connectivity index (χ3v) is 14.8. The number of para-hydroxylation sites is 1. The van der Waals surface area contributed by atoms with Crippen LogP contribution in [0.2, 0.25) is 0 Å². The summed E-state index contributed by atoms with van der Waals surface area (Å²) < 4.78 is 7.20. The van der Waals surface area contributed by atoms with E-state index in [4.69, 9.17) is 9.72 Å². The molecule has 7 heteroatoms. The molecule has 2 aliphatic heterocycles. The molecule has 6 aromatic rings. The van der Waals surface area contributed by atoms with E-state index < -0.39 is 19.6 Å². The molecule has 8 rings (SSSR count). The molecule has 46 heavy (non-hydrogen) atoms. The lowest BCUT2D eigenvalue weighted by molar-refractivity contribution is -0.149. The Bertz CT molecular complexity index is 2100. The summed E-state index contributed by atoms with van der Waals surface area (Å²) >= 11 is 0. The normalized spacial score (nSPS) is 17.1. The molecular formula is C39H32N2O4Si. The number of rotatable bonds is 5. The van der Waals surface area contributed by atoms with Gasteiger partial charge in [0.15, 0.2) is 8.07 Å². The third-order valence-electron chi connectivity index (χ3n) is 9.85. The van der Waals surface area contributed by atoms with Crippen molar-refractivity contribution in [2.45, 2.75) is 38.5 Å². The topological polar surface area (TPSA) is 81.4 Å². The van der Waals surface area contributed by atoms with Crippen molar-refractivity contribution in [2.75, 3.05) is 0 Å². The zero-order valence-corrected chi connectivity index (χ0v) is 26.4. The Hall–Kier alpha value is -5.11. The second-order valence-corrected chi connectivity index (χ2v) is 15.9. The maximum Gasteiger partial charge on any atom is 0.309 e. The highest BCUT2D eigenvalue weighted by Gasteiger charge is 2.47. The average molecular weight is 621 g/mol. The maximum absolute atomic E-state index is 14.3. The highest BCUT2D eigenvalue weighted by atomic mass is 28.3. The van der Waals surface area contributed by atoms with Crippen LogP contribution in [-0.4, -0.2) is 28.7 Å². The summed E-state index contributed by atoms with van der Waals surface area (Å²) in [4.78, 5) is 32.1. The van der Waals surface area contributed by atoms with Gasteiger partial charge in [0.25, 0.3) is 5.56 Å². The smallest absolute Gasteiger partial charge is 0.309 e. The summed E-state index contributed by atoms with van der Waals surface area (Å²) in [5.41, 5.74) is 2.28. The van der Waals surface area contributed by atoms with Crippen molar-refractivity contribution >= 4 is 45.7 Å². The average Bonchev–Trinajstić information content (AvgIpc) is 3.41. The first kappa shape index (κ1) is 28.4. The summed E-state index contributed by atoms with van der Waals surface area (Å²) in [6.45, 7) is 1.99. The predicted octanol–water partition coefficient (Wildman–Crippen LogP) is 3.85. The molecule has 0 unspecified atom stereocenters. The van der Waals surface area contributed by atoms with Crippen molar-refractivity contribution in [1.82, 2.24) is 9.55 Å². The fraction of sp³-hybridized carbons (Fsp3) is 0.154. The van der Waals surface area contributed by atoms with Crippen molar-refractivity contribution in [3.63, 3.8) is 0 Å². The van der Waals surface area contributed by atoms with E-state index >= 15 is 0 Å². The lowest BCUT2D eigenvalue weighted by Gasteiger charge is -2.36. The Labute approximate surface area is 267 Å². The molecule has 0 aliphatic carbocycles. The summed E-state index contributed by atoms with van der Waals surface area (Å²) in [7, 11) is -3.04. The molecule has 226 valence electrons. The van der Waals surface area contributed by atoms with Crippen LogP contribution in [0.3, 0.4) is 0 Å². The number of aromatic nitrogens is 2. The SMILES string of the molecule is CC[C@@]1(O)CC(=O)OCc2c1cc1n(c2=O)Cc2c-1nc1ccccc1c2[Si](c1ccccc1)(c1ccccc1)c1ccccc1. The number of hydrogen-bond acceptors (Lipinski definition) is 5. The standard InChI is InChI=1S/C39H32N2O4Si/c1-2-39(44)23-35(42)45-25-31-32(39)22-34-36-30(24-41(34)38(31)43)37(29-20-12-13-21-33(29)40-36)46(26-14-6-3-7-15-26,27-16-8-4-9-17-27)28-18-10-5-11-19-28/h3-22,44H,2,23-25H2,1H3/t39-/m1/s1. The molecule has 4 aromatic carbocycles. The lowest BCUT2D eigenvalue weighted by atomic mass is 9.85. The minimum atomic E-state index is -3.04. The van der Waals surface area contributed by atoms with E-state index in [0.29, 0.717) is 23.4 Å². The third kappa shape index (κ3) is 4.09. The summed E-state index contributed by atoms with van der Waals surface area (Å²) in [5.74, 6) is -0.513. The van der Waals surface area contributed by atoms with Gasteiger partial charge in [-0.3, -0.25) is 9.59 Å². The van der Waals surface area contributed by atoms with E-state index in [0.717, 1.165) is 22.2 Å². The van der Waals surface area contributed by atoms with Gasteiger partial charge >= 0.3 is 5.97 Å². The van der Waals surface area contributed by atoms with Gasteiger partial charge in [0, 0.05) is 10.9 Å². The number of cyclic esters (lactones) is 1. The monoisotopic (exact) mass is 620 g/mol. The largest absolute Gasteiger partial charge is 0.460 e. The number of nitrogens with zero attached hydrogens (tertiary/aromatic N) is 2. The number of pyridine rings is 2. The number of hydrogen-bond donors (Lipinski definition) is 1. The maximum atomic E-state index is 14.3. The van der Waals surface area contributed by atoms with Crippen molar-refractivity contribution in [1.29, 1.82) is 0 Å². The Morgan fingerprint density at radius 1 is 0.804 bits per heavy atom. The van der Waals surface area contributed by atoms with E-state index in [1.165, 1.54) is 20.7 Å². The second kappa shape index (κ2) is 10.8. The van der Waals surface area contributed by atoms with Crippen LogP contribution in [0, 0.1) is 0 Å². The fourth-order valence-corrected chi connectivity index (χ4v) is 12.9. The Balaban J connectivity index is 1.53. The zero-order valence-electron chi connectivity index (χ0n) is 25.4. The molecule has 1 N–H and O–H groups in total. The van der Waals surface area contributed by atoms with E-state index in [1.54, 1.807) is 4.57 Å². The van der Waals surface area contributed by atoms with Crippen molar-refractivity contribution in [2.24, 2.45) is 0 Å². The molecule has 6 nitrogen and oxygen atoms in total. The molecule has 0 saturated carbocycles. The van der Waals surface area contributed by atoms with Gasteiger partial charge in [0.05, 0.1) is 35.4 Å². The molecule has 0 fully saturated rings. The Morgan fingerprint density at radius 2 is 1.37 bits per heavy atom. The van der Waals surface area contributed by atoms with E-state index in [1.807, 2.05) is 25.1 Å². The minimum Gasteiger partial charge on any atom is -0.460 e. The number of esters is 1. The van der Waals surface area contributed by atoms with Crippen molar-refractivity contribution < 1.29 is 14.6 Å². The van der Waals surface area contributed by atoms with Crippen LogP contribution in [-0.2, 0) is 28.3 Å². The minimum absolute atomic E-state index is 0.162. The fourth-order valence-electron chi connectivity index (χ4n) is 7.65. The van der Waals surface area contributed by atoms with Gasteiger partial charge in [-0.25, -0.2) is 4.98 Å². The predicted molar refractivity (Wildman–Crippen MR) is 183 cm³/mol. The lowest BCUT2D eigenvalue weighted by Crippen LogP contribution is -2.75. The Kier molecular flexibility index (Phi) is 6.63. The molecule has 0 spiro atoms. The molecule has 0 saturated heterocycles. The number of carbonyl (C=O) groups is 1. The number of aliphatic hydroxyl groups is 1. The number of ether oxygens (including phenoxy) is 1. The van der Waals surface area contributed by atoms with Crippen molar-refractivity contribution in [3.05, 3.63) is 148 Å². The molecule has 4 heterocycles. The molecule has 0 radical (unpaired) electrons. The van der Waals surface area contributed by atoms with E-state index in [-0.39, 0.29) is 25.0 Å². The molecule has 1 atom stereocenters. The highest BCUT2D eigenvalue weighted by Crippen LogP contribution is 2.39. The van der Waals surface area contributed by atoms with Gasteiger partial charge in [-0.05, 0) is 44.9 Å². The first-order valence-electron chi connectivity index (χ1n) is 15.7. The second-order valence-electron chi connectivity index (χ2n) is 12.2. The van der Waals surface area contributed by atoms with Crippen LogP contribution in [0.25, 0.3) is 22.3 Å². The molecule has 0 amide bonds. The van der Waals surface area contributed by atoms with Gasteiger partial charge in [-0.1, -0.05) is 116 Å². The number of benzene rings is 4. The number of carbonyl (C=O) groups excluding carboxylic acids is 1. The summed E-state index contributed by atoms with van der Waals surface area (Å²) in [5, 5.41) is 17.7. The molecule has 2 aromatic heterocycles. The first-order chi connectivity index (χ1) is 22.5. The van der Waals surface area contributed by atoms with E-state index in [2.05, 4.69) is 103 Å². The van der Waals surface area contributed by atoms with Crippen LogP contribution < -0.4 is 26.3 Å². The number of fused-ring (bicyclic) bond motifs is 5. The van der Waals surface area contributed by atoms with Crippen LogP contribution in [0.4, 0.5) is 0 Å². The van der Waals surface area contributed by atoms with Crippen LogP contribution in [0.15, 0.2) is 126 Å².